The van der Waals surface area contributed by atoms with Crippen molar-refractivity contribution in [2.45, 2.75) is 32.9 Å². The van der Waals surface area contributed by atoms with E-state index >= 15 is 0 Å². The number of halogens is 1. The molecule has 2 atom stereocenters. The molecule has 104 valence electrons. The number of hydrogen-bond acceptors (Lipinski definition) is 3. The molecule has 2 unspecified atom stereocenters. The van der Waals surface area contributed by atoms with Crippen molar-refractivity contribution in [2.75, 3.05) is 23.3 Å². The Morgan fingerprint density at radius 2 is 2.00 bits per heavy atom. The van der Waals surface area contributed by atoms with Gasteiger partial charge in [0.05, 0.1) is 5.69 Å². The molecule has 0 aliphatic carbocycles. The Kier molecular flexibility index (Phi) is 4.04. The predicted octanol–water partition coefficient (Wildman–Crippen LogP) is 1.97. The fourth-order valence-electron chi connectivity index (χ4n) is 2.53. The van der Waals surface area contributed by atoms with Crippen molar-refractivity contribution >= 4 is 17.3 Å². The maximum absolute atomic E-state index is 13.6. The molecule has 0 aromatic heterocycles. The van der Waals surface area contributed by atoms with Gasteiger partial charge < -0.3 is 15.5 Å². The fraction of sp³-hybridized carbons (Fsp3) is 0.500. The Morgan fingerprint density at radius 1 is 1.37 bits per heavy atom. The van der Waals surface area contributed by atoms with Crippen LogP contribution in [0.15, 0.2) is 18.2 Å². The first-order valence-corrected chi connectivity index (χ1v) is 6.54. The molecule has 19 heavy (non-hydrogen) atoms. The van der Waals surface area contributed by atoms with E-state index in [1.54, 1.807) is 12.1 Å². The first kappa shape index (κ1) is 13.8. The molecule has 1 amide bonds. The second kappa shape index (κ2) is 5.57. The van der Waals surface area contributed by atoms with Gasteiger partial charge in [0.2, 0.25) is 5.91 Å². The number of nitrogens with one attached hydrogen (secondary N) is 2. The van der Waals surface area contributed by atoms with E-state index in [4.69, 9.17) is 0 Å². The van der Waals surface area contributed by atoms with E-state index in [-0.39, 0.29) is 11.6 Å². The maximum Gasteiger partial charge on any atom is 0.221 e. The molecule has 4 nitrogen and oxygen atoms in total. The third kappa shape index (κ3) is 3.44. The summed E-state index contributed by atoms with van der Waals surface area (Å²) < 4.78 is 13.6. The summed E-state index contributed by atoms with van der Waals surface area (Å²) in [4.78, 5) is 13.3. The van der Waals surface area contributed by atoms with E-state index in [0.717, 1.165) is 18.8 Å². The highest BCUT2D eigenvalue weighted by Crippen LogP contribution is 2.24. The minimum absolute atomic E-state index is 0.240. The normalized spacial score (nSPS) is 23.3. The Bertz CT molecular complexity index is 468. The molecule has 0 bridgehead atoms. The summed E-state index contributed by atoms with van der Waals surface area (Å²) in [7, 11) is 0. The van der Waals surface area contributed by atoms with E-state index in [2.05, 4.69) is 29.4 Å². The summed E-state index contributed by atoms with van der Waals surface area (Å²) >= 11 is 0. The largest absolute Gasteiger partial charge is 0.368 e. The van der Waals surface area contributed by atoms with Gasteiger partial charge in [0.25, 0.3) is 0 Å². The number of anilines is 2. The summed E-state index contributed by atoms with van der Waals surface area (Å²) in [5.74, 6) is -0.673. The van der Waals surface area contributed by atoms with E-state index < -0.39 is 5.82 Å². The number of hydrogen-bond donors (Lipinski definition) is 2. The van der Waals surface area contributed by atoms with Crippen molar-refractivity contribution in [1.82, 2.24) is 5.32 Å². The molecule has 2 N–H and O–H groups in total. The molecule has 2 rings (SSSR count). The van der Waals surface area contributed by atoms with Crippen LogP contribution in [0.3, 0.4) is 0 Å². The molecule has 1 fully saturated rings. The Morgan fingerprint density at radius 3 is 2.58 bits per heavy atom. The van der Waals surface area contributed by atoms with Crippen LogP contribution < -0.4 is 15.5 Å². The van der Waals surface area contributed by atoms with Gasteiger partial charge in [-0.3, -0.25) is 4.79 Å². The number of benzene rings is 1. The molecule has 0 radical (unpaired) electrons. The van der Waals surface area contributed by atoms with Gasteiger partial charge in [-0.1, -0.05) is 0 Å². The summed E-state index contributed by atoms with van der Waals surface area (Å²) in [6, 6.07) is 5.63. The minimum atomic E-state index is -0.407. The molecule has 1 heterocycles. The standard InChI is InChI=1S/C14H20FN3O/c1-9-7-18(8-10(2)16-9)12-4-5-13(15)14(6-12)17-11(3)19/h4-6,9-10,16H,7-8H2,1-3H3,(H,17,19). The summed E-state index contributed by atoms with van der Waals surface area (Å²) in [5.41, 5.74) is 1.18. The van der Waals surface area contributed by atoms with Crippen LogP contribution in [0.4, 0.5) is 15.8 Å². The molecule has 0 saturated carbocycles. The second-order valence-electron chi connectivity index (χ2n) is 5.22. The first-order valence-electron chi connectivity index (χ1n) is 6.54. The van der Waals surface area contributed by atoms with Gasteiger partial charge in [0.1, 0.15) is 5.82 Å². The molecule has 1 aliphatic heterocycles. The third-order valence-corrected chi connectivity index (χ3v) is 3.18. The predicted molar refractivity (Wildman–Crippen MR) is 75.0 cm³/mol. The topological polar surface area (TPSA) is 44.4 Å². The van der Waals surface area contributed by atoms with Crippen molar-refractivity contribution in [2.24, 2.45) is 0 Å². The van der Waals surface area contributed by atoms with Crippen molar-refractivity contribution in [1.29, 1.82) is 0 Å². The molecule has 1 aliphatic rings. The number of piperazine rings is 1. The van der Waals surface area contributed by atoms with E-state index in [0.29, 0.717) is 12.1 Å². The molecule has 1 aromatic carbocycles. The van der Waals surface area contributed by atoms with Gasteiger partial charge in [-0.15, -0.1) is 0 Å². The number of carbonyl (C=O) groups is 1. The number of carbonyl (C=O) groups excluding carboxylic acids is 1. The highest BCUT2D eigenvalue weighted by molar-refractivity contribution is 5.89. The quantitative estimate of drug-likeness (QED) is 0.859. The SMILES string of the molecule is CC(=O)Nc1cc(N2CC(C)NC(C)C2)ccc1F. The zero-order chi connectivity index (χ0) is 14.0. The van der Waals surface area contributed by atoms with Gasteiger partial charge in [-0.05, 0) is 32.0 Å². The van der Waals surface area contributed by atoms with Crippen molar-refractivity contribution in [3.8, 4) is 0 Å². The zero-order valence-electron chi connectivity index (χ0n) is 11.5. The van der Waals surface area contributed by atoms with E-state index in [1.165, 1.54) is 13.0 Å². The lowest BCUT2D eigenvalue weighted by atomic mass is 10.1. The molecule has 1 aromatic rings. The van der Waals surface area contributed by atoms with E-state index in [9.17, 15) is 9.18 Å². The third-order valence-electron chi connectivity index (χ3n) is 3.18. The average molecular weight is 265 g/mol. The lowest BCUT2D eigenvalue weighted by Crippen LogP contribution is -2.54. The monoisotopic (exact) mass is 265 g/mol. The van der Waals surface area contributed by atoms with E-state index in [1.807, 2.05) is 0 Å². The highest BCUT2D eigenvalue weighted by Gasteiger charge is 2.21. The lowest BCUT2D eigenvalue weighted by Gasteiger charge is -2.37. The van der Waals surface area contributed by atoms with Crippen LogP contribution in [0.1, 0.15) is 20.8 Å². The van der Waals surface area contributed by atoms with Crippen LogP contribution in [0, 0.1) is 5.82 Å². The maximum atomic E-state index is 13.6. The summed E-state index contributed by atoms with van der Waals surface area (Å²) in [6.07, 6.45) is 0. The average Bonchev–Trinajstić information content (AvgIpc) is 2.30. The second-order valence-corrected chi connectivity index (χ2v) is 5.22. The van der Waals surface area contributed by atoms with Gasteiger partial charge in [-0.2, -0.15) is 0 Å². The van der Waals surface area contributed by atoms with Gasteiger partial charge in [-0.25, -0.2) is 4.39 Å². The molecular weight excluding hydrogens is 245 g/mol. The Labute approximate surface area is 113 Å². The zero-order valence-corrected chi connectivity index (χ0v) is 11.5. The summed E-state index contributed by atoms with van der Waals surface area (Å²) in [5, 5.41) is 5.97. The number of rotatable bonds is 2. The van der Waals surface area contributed by atoms with Gasteiger partial charge in [0.15, 0.2) is 0 Å². The number of amides is 1. The van der Waals surface area contributed by atoms with Crippen LogP contribution >= 0.6 is 0 Å². The smallest absolute Gasteiger partial charge is 0.221 e. The molecular formula is C14H20FN3O. The van der Waals surface area contributed by atoms with Crippen LogP contribution in [0.25, 0.3) is 0 Å². The van der Waals surface area contributed by atoms with Crippen molar-refractivity contribution < 1.29 is 9.18 Å². The van der Waals surface area contributed by atoms with Crippen molar-refractivity contribution in [3.63, 3.8) is 0 Å². The number of nitrogens with zero attached hydrogens (tertiary/aromatic N) is 1. The first-order chi connectivity index (χ1) is 8.95. The van der Waals surface area contributed by atoms with Crippen LogP contribution in [-0.2, 0) is 4.79 Å². The minimum Gasteiger partial charge on any atom is -0.368 e. The Balaban J connectivity index is 2.22. The van der Waals surface area contributed by atoms with Crippen LogP contribution in [-0.4, -0.2) is 31.1 Å². The summed E-state index contributed by atoms with van der Waals surface area (Å²) in [6.45, 7) is 7.37. The van der Waals surface area contributed by atoms with Gasteiger partial charge >= 0.3 is 0 Å². The fourth-order valence-corrected chi connectivity index (χ4v) is 2.53. The lowest BCUT2D eigenvalue weighted by molar-refractivity contribution is -0.114. The van der Waals surface area contributed by atoms with Gasteiger partial charge in [0, 0.05) is 37.8 Å². The van der Waals surface area contributed by atoms with Crippen LogP contribution in [0.2, 0.25) is 0 Å². The molecule has 5 heteroatoms. The Hall–Kier alpha value is -1.62. The molecule has 0 spiro atoms. The van der Waals surface area contributed by atoms with Crippen molar-refractivity contribution in [3.05, 3.63) is 24.0 Å². The molecule has 1 saturated heterocycles. The van der Waals surface area contributed by atoms with Crippen LogP contribution in [0.5, 0.6) is 0 Å². The highest BCUT2D eigenvalue weighted by atomic mass is 19.1.